The number of methoxy groups -OCH3 is 1. The summed E-state index contributed by atoms with van der Waals surface area (Å²) in [7, 11) is 1.63. The number of benzene rings is 3. The maximum atomic E-state index is 6.46. The highest BCUT2D eigenvalue weighted by Gasteiger charge is 2.12. The molecule has 0 saturated heterocycles. The molecule has 0 aliphatic heterocycles. The van der Waals surface area contributed by atoms with Gasteiger partial charge in [0.15, 0.2) is 11.5 Å². The van der Waals surface area contributed by atoms with Crippen molar-refractivity contribution in [1.29, 1.82) is 0 Å². The van der Waals surface area contributed by atoms with Crippen LogP contribution in [0, 0.1) is 6.92 Å². The minimum absolute atomic E-state index is 0. The van der Waals surface area contributed by atoms with Gasteiger partial charge in [-0.3, -0.25) is 0 Å². The van der Waals surface area contributed by atoms with Gasteiger partial charge in [-0.15, -0.1) is 12.4 Å². The van der Waals surface area contributed by atoms with Gasteiger partial charge in [0.25, 0.3) is 0 Å². The molecule has 0 aromatic heterocycles. The number of hydrogen-bond acceptors (Lipinski definition) is 3. The zero-order valence-electron chi connectivity index (χ0n) is 16.1. The second-order valence-corrected chi connectivity index (χ2v) is 6.88. The Morgan fingerprint density at radius 3 is 2.21 bits per heavy atom. The lowest BCUT2D eigenvalue weighted by molar-refractivity contribution is 0.284. The van der Waals surface area contributed by atoms with E-state index in [0.717, 1.165) is 17.7 Å². The highest BCUT2D eigenvalue weighted by Crippen LogP contribution is 2.37. The van der Waals surface area contributed by atoms with E-state index >= 15 is 0 Å². The van der Waals surface area contributed by atoms with Crippen LogP contribution in [-0.2, 0) is 19.7 Å². The van der Waals surface area contributed by atoms with E-state index in [1.54, 1.807) is 7.11 Å². The van der Waals surface area contributed by atoms with Crippen LogP contribution in [0.5, 0.6) is 11.5 Å². The maximum absolute atomic E-state index is 6.46. The van der Waals surface area contributed by atoms with Crippen LogP contribution in [0.15, 0.2) is 66.7 Å². The minimum Gasteiger partial charge on any atom is -0.493 e. The largest absolute Gasteiger partial charge is 0.493 e. The summed E-state index contributed by atoms with van der Waals surface area (Å²) in [5, 5.41) is 3.99. The van der Waals surface area contributed by atoms with E-state index in [9.17, 15) is 0 Å². The van der Waals surface area contributed by atoms with Crippen molar-refractivity contribution in [3.05, 3.63) is 94.0 Å². The maximum Gasteiger partial charge on any atom is 0.180 e. The number of ether oxygens (including phenoxy) is 2. The summed E-state index contributed by atoms with van der Waals surface area (Å²) in [5.41, 5.74) is 4.65. The van der Waals surface area contributed by atoms with Crippen molar-refractivity contribution in [3.8, 4) is 11.5 Å². The SMILES string of the molecule is COc1cc(CNCc2ccc(C)cc2)cc(Cl)c1OCc1ccccc1.Cl. The molecule has 0 spiro atoms. The second kappa shape index (κ2) is 11.0. The quantitative estimate of drug-likeness (QED) is 0.491. The molecule has 0 unspecified atom stereocenters. The van der Waals surface area contributed by atoms with Crippen molar-refractivity contribution in [3.63, 3.8) is 0 Å². The third-order valence-electron chi connectivity index (χ3n) is 4.29. The molecule has 1 N–H and O–H groups in total. The van der Waals surface area contributed by atoms with Crippen molar-refractivity contribution in [2.75, 3.05) is 7.11 Å². The minimum atomic E-state index is 0. The Kier molecular flexibility index (Phi) is 8.65. The molecular weight excluding hydrogens is 393 g/mol. The molecular formula is C23H25Cl2NO2. The van der Waals surface area contributed by atoms with Gasteiger partial charge in [0, 0.05) is 13.1 Å². The fourth-order valence-electron chi connectivity index (χ4n) is 2.80. The molecule has 0 atom stereocenters. The van der Waals surface area contributed by atoms with E-state index in [-0.39, 0.29) is 12.4 Å². The molecule has 0 aliphatic rings. The predicted octanol–water partition coefficient (Wildman–Crippen LogP) is 5.95. The van der Waals surface area contributed by atoms with Crippen molar-refractivity contribution < 1.29 is 9.47 Å². The zero-order valence-corrected chi connectivity index (χ0v) is 17.6. The molecule has 3 nitrogen and oxygen atoms in total. The number of hydrogen-bond donors (Lipinski definition) is 1. The van der Waals surface area contributed by atoms with E-state index in [1.165, 1.54) is 11.1 Å². The highest BCUT2D eigenvalue weighted by molar-refractivity contribution is 6.32. The van der Waals surface area contributed by atoms with Crippen molar-refractivity contribution in [2.24, 2.45) is 0 Å². The lowest BCUT2D eigenvalue weighted by Crippen LogP contribution is -2.13. The predicted molar refractivity (Wildman–Crippen MR) is 118 cm³/mol. The van der Waals surface area contributed by atoms with E-state index in [0.29, 0.717) is 29.7 Å². The number of nitrogens with one attached hydrogen (secondary N) is 1. The molecule has 148 valence electrons. The van der Waals surface area contributed by atoms with Gasteiger partial charge in [-0.05, 0) is 35.7 Å². The van der Waals surface area contributed by atoms with Crippen LogP contribution in [-0.4, -0.2) is 7.11 Å². The molecule has 0 bridgehead atoms. The van der Waals surface area contributed by atoms with Gasteiger partial charge in [0.05, 0.1) is 12.1 Å². The second-order valence-electron chi connectivity index (χ2n) is 6.47. The summed E-state index contributed by atoms with van der Waals surface area (Å²) in [4.78, 5) is 0. The molecule has 0 aliphatic carbocycles. The fourth-order valence-corrected chi connectivity index (χ4v) is 3.09. The summed E-state index contributed by atoms with van der Waals surface area (Å²) in [6.45, 7) is 4.03. The molecule has 0 saturated carbocycles. The first kappa shape index (κ1) is 22.1. The first-order valence-corrected chi connectivity index (χ1v) is 9.33. The van der Waals surface area contributed by atoms with Crippen LogP contribution in [0.1, 0.15) is 22.3 Å². The van der Waals surface area contributed by atoms with E-state index in [1.807, 2.05) is 42.5 Å². The normalized spacial score (nSPS) is 10.2. The molecule has 0 amide bonds. The van der Waals surface area contributed by atoms with E-state index < -0.39 is 0 Å². The van der Waals surface area contributed by atoms with E-state index in [2.05, 4.69) is 36.5 Å². The van der Waals surface area contributed by atoms with Crippen LogP contribution >= 0.6 is 24.0 Å². The molecule has 0 heterocycles. The molecule has 28 heavy (non-hydrogen) atoms. The molecule has 0 radical (unpaired) electrons. The highest BCUT2D eigenvalue weighted by atomic mass is 35.5. The summed E-state index contributed by atoms with van der Waals surface area (Å²) in [5.74, 6) is 1.22. The average Bonchev–Trinajstić information content (AvgIpc) is 2.69. The van der Waals surface area contributed by atoms with Crippen LogP contribution in [0.25, 0.3) is 0 Å². The third-order valence-corrected chi connectivity index (χ3v) is 4.57. The van der Waals surface area contributed by atoms with Gasteiger partial charge in [0.2, 0.25) is 0 Å². The lowest BCUT2D eigenvalue weighted by Gasteiger charge is -2.15. The zero-order chi connectivity index (χ0) is 19.1. The monoisotopic (exact) mass is 417 g/mol. The summed E-state index contributed by atoms with van der Waals surface area (Å²) < 4.78 is 11.4. The van der Waals surface area contributed by atoms with Gasteiger partial charge in [-0.25, -0.2) is 0 Å². The van der Waals surface area contributed by atoms with Crippen LogP contribution in [0.3, 0.4) is 0 Å². The Balaban J connectivity index is 0.00000280. The molecule has 3 aromatic rings. The molecule has 5 heteroatoms. The van der Waals surface area contributed by atoms with Gasteiger partial charge in [-0.2, -0.15) is 0 Å². The summed E-state index contributed by atoms with van der Waals surface area (Å²) in [6, 6.07) is 22.4. The molecule has 3 aromatic carbocycles. The van der Waals surface area contributed by atoms with Gasteiger partial charge >= 0.3 is 0 Å². The van der Waals surface area contributed by atoms with Crippen LogP contribution in [0.4, 0.5) is 0 Å². The Bertz CT molecular complexity index is 868. The Morgan fingerprint density at radius 1 is 0.857 bits per heavy atom. The Hall–Kier alpha value is -2.20. The van der Waals surface area contributed by atoms with Crippen molar-refractivity contribution >= 4 is 24.0 Å². The Morgan fingerprint density at radius 2 is 1.54 bits per heavy atom. The summed E-state index contributed by atoms with van der Waals surface area (Å²) in [6.07, 6.45) is 0. The van der Waals surface area contributed by atoms with E-state index in [4.69, 9.17) is 21.1 Å². The van der Waals surface area contributed by atoms with Crippen LogP contribution < -0.4 is 14.8 Å². The van der Waals surface area contributed by atoms with Gasteiger partial charge in [-0.1, -0.05) is 71.8 Å². The van der Waals surface area contributed by atoms with Gasteiger partial charge < -0.3 is 14.8 Å². The van der Waals surface area contributed by atoms with Crippen molar-refractivity contribution in [2.45, 2.75) is 26.6 Å². The smallest absolute Gasteiger partial charge is 0.180 e. The summed E-state index contributed by atoms with van der Waals surface area (Å²) >= 11 is 6.46. The third kappa shape index (κ3) is 6.16. The van der Waals surface area contributed by atoms with Crippen molar-refractivity contribution in [1.82, 2.24) is 5.32 Å². The average molecular weight is 418 g/mol. The first-order chi connectivity index (χ1) is 13.2. The van der Waals surface area contributed by atoms with Gasteiger partial charge in [0.1, 0.15) is 6.61 Å². The standard InChI is InChI=1S/C23H24ClNO2.ClH/c1-17-8-10-18(11-9-17)14-25-15-20-12-21(24)23(22(13-20)26-2)27-16-19-6-4-3-5-7-19;/h3-13,25H,14-16H2,1-2H3;1H. The molecule has 3 rings (SSSR count). The number of rotatable bonds is 8. The fraction of sp³-hybridized carbons (Fsp3) is 0.217. The lowest BCUT2D eigenvalue weighted by atomic mass is 10.1. The van der Waals surface area contributed by atoms with Crippen LogP contribution in [0.2, 0.25) is 5.02 Å². The topological polar surface area (TPSA) is 30.5 Å². The Labute approximate surface area is 178 Å². The molecule has 0 fully saturated rings. The first-order valence-electron chi connectivity index (χ1n) is 8.95. The number of aryl methyl sites for hydroxylation is 1. The number of halogens is 2.